The lowest BCUT2D eigenvalue weighted by Crippen LogP contribution is -2.52. The fourth-order valence-electron chi connectivity index (χ4n) is 2.38. The normalized spacial score (nSPS) is 18.9. The molecular weight excluding hydrogens is 268 g/mol. The largest absolute Gasteiger partial charge is 0.361 e. The number of hydrogen-bond acceptors (Lipinski definition) is 5. The number of hydrogen-bond donors (Lipinski definition) is 1. The molecule has 118 valence electrons. The van der Waals surface area contributed by atoms with Crippen molar-refractivity contribution in [1.82, 2.24) is 20.3 Å². The third kappa shape index (κ3) is 4.28. The van der Waals surface area contributed by atoms with Gasteiger partial charge in [0.05, 0.1) is 12.6 Å². The summed E-state index contributed by atoms with van der Waals surface area (Å²) in [6.07, 6.45) is 0. The SMILES string of the molecule is CC(C)c1cc(CNC(=O)C(C)N2CCN(C)CC2)no1. The van der Waals surface area contributed by atoms with E-state index in [9.17, 15) is 4.79 Å². The smallest absolute Gasteiger partial charge is 0.237 e. The van der Waals surface area contributed by atoms with Crippen LogP contribution in [-0.2, 0) is 11.3 Å². The van der Waals surface area contributed by atoms with Gasteiger partial charge in [-0.2, -0.15) is 0 Å². The van der Waals surface area contributed by atoms with E-state index < -0.39 is 0 Å². The van der Waals surface area contributed by atoms with Gasteiger partial charge in [0.1, 0.15) is 11.5 Å². The lowest BCUT2D eigenvalue weighted by Gasteiger charge is -2.35. The molecule has 6 heteroatoms. The summed E-state index contributed by atoms with van der Waals surface area (Å²) in [6, 6.07) is 1.81. The van der Waals surface area contributed by atoms with Crippen LogP contribution in [0.25, 0.3) is 0 Å². The molecule has 2 rings (SSSR count). The van der Waals surface area contributed by atoms with Crippen molar-refractivity contribution in [2.24, 2.45) is 0 Å². The van der Waals surface area contributed by atoms with E-state index in [1.807, 2.05) is 13.0 Å². The van der Waals surface area contributed by atoms with Crippen molar-refractivity contribution in [3.05, 3.63) is 17.5 Å². The van der Waals surface area contributed by atoms with Crippen LogP contribution in [0, 0.1) is 0 Å². The monoisotopic (exact) mass is 294 g/mol. The van der Waals surface area contributed by atoms with Crippen LogP contribution in [-0.4, -0.2) is 60.1 Å². The van der Waals surface area contributed by atoms with Crippen molar-refractivity contribution < 1.29 is 9.32 Å². The highest BCUT2D eigenvalue weighted by Gasteiger charge is 2.24. The van der Waals surface area contributed by atoms with Gasteiger partial charge < -0.3 is 14.7 Å². The number of likely N-dealkylation sites (N-methyl/N-ethyl adjacent to an activating group) is 1. The summed E-state index contributed by atoms with van der Waals surface area (Å²) in [6.45, 7) is 10.4. The minimum Gasteiger partial charge on any atom is -0.361 e. The molecule has 1 saturated heterocycles. The minimum absolute atomic E-state index is 0.0497. The Kier molecular flexibility index (Phi) is 5.36. The first-order valence-corrected chi connectivity index (χ1v) is 7.63. The van der Waals surface area contributed by atoms with Gasteiger partial charge in [0.15, 0.2) is 0 Å². The molecule has 2 heterocycles. The summed E-state index contributed by atoms with van der Waals surface area (Å²) < 4.78 is 5.23. The molecule has 0 spiro atoms. The zero-order chi connectivity index (χ0) is 15.4. The number of rotatable bonds is 5. The third-order valence-corrected chi connectivity index (χ3v) is 4.05. The van der Waals surface area contributed by atoms with Crippen LogP contribution in [0.15, 0.2) is 10.6 Å². The first-order valence-electron chi connectivity index (χ1n) is 7.63. The molecule has 1 aliphatic rings. The first kappa shape index (κ1) is 16.0. The van der Waals surface area contributed by atoms with Crippen molar-refractivity contribution in [3.63, 3.8) is 0 Å². The third-order valence-electron chi connectivity index (χ3n) is 4.05. The highest BCUT2D eigenvalue weighted by molar-refractivity contribution is 5.81. The van der Waals surface area contributed by atoms with Gasteiger partial charge in [0, 0.05) is 38.2 Å². The average molecular weight is 294 g/mol. The number of nitrogens with zero attached hydrogens (tertiary/aromatic N) is 3. The Morgan fingerprint density at radius 3 is 2.57 bits per heavy atom. The van der Waals surface area contributed by atoms with Gasteiger partial charge in [-0.1, -0.05) is 19.0 Å². The van der Waals surface area contributed by atoms with Crippen LogP contribution in [0.5, 0.6) is 0 Å². The van der Waals surface area contributed by atoms with Crippen LogP contribution < -0.4 is 5.32 Å². The van der Waals surface area contributed by atoms with E-state index in [1.165, 1.54) is 0 Å². The second kappa shape index (κ2) is 7.04. The van der Waals surface area contributed by atoms with Gasteiger partial charge >= 0.3 is 0 Å². The molecular formula is C15H26N4O2. The summed E-state index contributed by atoms with van der Waals surface area (Å²) in [7, 11) is 2.11. The van der Waals surface area contributed by atoms with Crippen LogP contribution in [0.4, 0.5) is 0 Å². The number of amides is 1. The van der Waals surface area contributed by atoms with E-state index in [2.05, 4.69) is 41.2 Å². The number of aromatic nitrogens is 1. The molecule has 1 aliphatic heterocycles. The lowest BCUT2D eigenvalue weighted by atomic mass is 10.1. The summed E-state index contributed by atoms with van der Waals surface area (Å²) in [5.74, 6) is 1.21. The molecule has 1 unspecified atom stereocenters. The molecule has 1 amide bonds. The fraction of sp³-hybridized carbons (Fsp3) is 0.733. The number of nitrogens with one attached hydrogen (secondary N) is 1. The Labute approximate surface area is 126 Å². The summed E-state index contributed by atoms with van der Waals surface area (Å²) in [4.78, 5) is 16.7. The number of piperazine rings is 1. The molecule has 0 bridgehead atoms. The molecule has 1 fully saturated rings. The van der Waals surface area contributed by atoms with Gasteiger partial charge in [0.25, 0.3) is 0 Å². The van der Waals surface area contributed by atoms with E-state index in [-0.39, 0.29) is 11.9 Å². The number of carbonyl (C=O) groups is 1. The van der Waals surface area contributed by atoms with Gasteiger partial charge in [0.2, 0.25) is 5.91 Å². The van der Waals surface area contributed by atoms with Gasteiger partial charge in [-0.25, -0.2) is 0 Å². The molecule has 1 aromatic heterocycles. The Hall–Kier alpha value is -1.40. The second-order valence-corrected chi connectivity index (χ2v) is 6.11. The van der Waals surface area contributed by atoms with Gasteiger partial charge in [-0.3, -0.25) is 9.69 Å². The quantitative estimate of drug-likeness (QED) is 0.879. The Morgan fingerprint density at radius 2 is 2.00 bits per heavy atom. The van der Waals surface area contributed by atoms with E-state index in [0.29, 0.717) is 12.5 Å². The Balaban J connectivity index is 1.80. The standard InChI is InChI=1S/C15H26N4O2/c1-11(2)14-9-13(17-21-14)10-16-15(20)12(3)19-7-5-18(4)6-8-19/h9,11-12H,5-8,10H2,1-4H3,(H,16,20). The van der Waals surface area contributed by atoms with E-state index in [1.54, 1.807) is 0 Å². The van der Waals surface area contributed by atoms with Gasteiger partial charge in [-0.05, 0) is 14.0 Å². The van der Waals surface area contributed by atoms with Crippen molar-refractivity contribution in [1.29, 1.82) is 0 Å². The summed E-state index contributed by atoms with van der Waals surface area (Å²) >= 11 is 0. The van der Waals surface area contributed by atoms with E-state index >= 15 is 0 Å². The molecule has 21 heavy (non-hydrogen) atoms. The second-order valence-electron chi connectivity index (χ2n) is 6.11. The summed E-state index contributed by atoms with van der Waals surface area (Å²) in [5.41, 5.74) is 0.776. The van der Waals surface area contributed by atoms with Crippen LogP contribution >= 0.6 is 0 Å². The topological polar surface area (TPSA) is 61.6 Å². The Morgan fingerprint density at radius 1 is 1.33 bits per heavy atom. The predicted octanol–water partition coefficient (Wildman–Crippen LogP) is 1.05. The zero-order valence-corrected chi connectivity index (χ0v) is 13.4. The predicted molar refractivity (Wildman–Crippen MR) is 81.0 cm³/mol. The number of carbonyl (C=O) groups excluding carboxylic acids is 1. The Bertz CT molecular complexity index is 464. The fourth-order valence-corrected chi connectivity index (χ4v) is 2.38. The molecule has 0 radical (unpaired) electrons. The maximum Gasteiger partial charge on any atom is 0.237 e. The van der Waals surface area contributed by atoms with E-state index in [4.69, 9.17) is 4.52 Å². The van der Waals surface area contributed by atoms with Crippen LogP contribution in [0.1, 0.15) is 38.1 Å². The van der Waals surface area contributed by atoms with E-state index in [0.717, 1.165) is 37.6 Å². The maximum atomic E-state index is 12.2. The zero-order valence-electron chi connectivity index (χ0n) is 13.4. The minimum atomic E-state index is -0.102. The average Bonchev–Trinajstić information content (AvgIpc) is 2.94. The van der Waals surface area contributed by atoms with Crippen molar-refractivity contribution in [2.75, 3.05) is 33.2 Å². The van der Waals surface area contributed by atoms with Crippen LogP contribution in [0.3, 0.4) is 0 Å². The van der Waals surface area contributed by atoms with Crippen LogP contribution in [0.2, 0.25) is 0 Å². The highest BCUT2D eigenvalue weighted by atomic mass is 16.5. The molecule has 0 aliphatic carbocycles. The van der Waals surface area contributed by atoms with Crippen molar-refractivity contribution in [2.45, 2.75) is 39.3 Å². The maximum absolute atomic E-state index is 12.2. The molecule has 1 atom stereocenters. The lowest BCUT2D eigenvalue weighted by molar-refractivity contribution is -0.126. The molecule has 1 N–H and O–H groups in total. The van der Waals surface area contributed by atoms with Crippen molar-refractivity contribution in [3.8, 4) is 0 Å². The van der Waals surface area contributed by atoms with Crippen molar-refractivity contribution >= 4 is 5.91 Å². The molecule has 0 saturated carbocycles. The molecule has 1 aromatic rings. The summed E-state index contributed by atoms with van der Waals surface area (Å²) in [5, 5.41) is 6.92. The first-order chi connectivity index (χ1) is 9.97. The molecule has 6 nitrogen and oxygen atoms in total. The highest BCUT2D eigenvalue weighted by Crippen LogP contribution is 2.14. The van der Waals surface area contributed by atoms with Gasteiger partial charge in [-0.15, -0.1) is 0 Å². The molecule has 0 aromatic carbocycles.